The van der Waals surface area contributed by atoms with Gasteiger partial charge in [-0.1, -0.05) is 43.5 Å². The first kappa shape index (κ1) is 16.0. The van der Waals surface area contributed by atoms with Crippen molar-refractivity contribution in [1.29, 1.82) is 0 Å². The van der Waals surface area contributed by atoms with Crippen LogP contribution in [0, 0.1) is 0 Å². The predicted molar refractivity (Wildman–Crippen MR) is 88.2 cm³/mol. The van der Waals surface area contributed by atoms with Crippen LogP contribution in [0.4, 0.5) is 5.69 Å². The quantitative estimate of drug-likeness (QED) is 0.730. The monoisotopic (exact) mass is 431 g/mol. The summed E-state index contributed by atoms with van der Waals surface area (Å²) in [7, 11) is 0. The number of aromatic carboxylic acids is 1. The molecule has 2 N–H and O–H groups in total. The van der Waals surface area contributed by atoms with E-state index >= 15 is 0 Å². The zero-order valence-electron chi connectivity index (χ0n) is 10.4. The molecule has 0 aromatic heterocycles. The highest BCUT2D eigenvalue weighted by Crippen LogP contribution is 2.24. The van der Waals surface area contributed by atoms with Gasteiger partial charge in [0.25, 0.3) is 5.91 Å². The molecule has 0 aliphatic rings. The molecular formula is C14H8Br2ClNO3. The number of nitrogens with one attached hydrogen (secondary N) is 1. The SMILES string of the molecule is O=C(Nc1cc(Br)ccc1C(=O)O)c1cc(Cl)cc(Br)c1. The summed E-state index contributed by atoms with van der Waals surface area (Å²) in [6, 6.07) is 9.28. The zero-order chi connectivity index (χ0) is 15.6. The van der Waals surface area contributed by atoms with E-state index in [0.29, 0.717) is 19.5 Å². The van der Waals surface area contributed by atoms with Crippen molar-refractivity contribution in [2.75, 3.05) is 5.32 Å². The summed E-state index contributed by atoms with van der Waals surface area (Å²) in [5.74, 6) is -1.57. The van der Waals surface area contributed by atoms with Gasteiger partial charge >= 0.3 is 5.97 Å². The normalized spacial score (nSPS) is 10.2. The first-order chi connectivity index (χ1) is 9.86. The van der Waals surface area contributed by atoms with Crippen molar-refractivity contribution in [2.45, 2.75) is 0 Å². The minimum Gasteiger partial charge on any atom is -0.478 e. The van der Waals surface area contributed by atoms with Gasteiger partial charge in [-0.15, -0.1) is 0 Å². The van der Waals surface area contributed by atoms with Crippen molar-refractivity contribution in [3.63, 3.8) is 0 Å². The van der Waals surface area contributed by atoms with Crippen molar-refractivity contribution in [3.05, 3.63) is 61.5 Å². The summed E-state index contributed by atoms with van der Waals surface area (Å²) >= 11 is 12.4. The second-order valence-corrected chi connectivity index (χ2v) is 6.38. The van der Waals surface area contributed by atoms with Crippen molar-refractivity contribution < 1.29 is 14.7 Å². The number of carbonyl (C=O) groups is 2. The van der Waals surface area contributed by atoms with Gasteiger partial charge in [0.2, 0.25) is 0 Å². The Balaban J connectivity index is 2.35. The van der Waals surface area contributed by atoms with E-state index in [9.17, 15) is 9.59 Å². The van der Waals surface area contributed by atoms with E-state index in [1.165, 1.54) is 18.2 Å². The number of carboxylic acids is 1. The van der Waals surface area contributed by atoms with Gasteiger partial charge in [0.15, 0.2) is 0 Å². The van der Waals surface area contributed by atoms with E-state index in [0.717, 1.165) is 0 Å². The van der Waals surface area contributed by atoms with Crippen LogP contribution in [0.3, 0.4) is 0 Å². The van der Waals surface area contributed by atoms with Crippen LogP contribution in [-0.4, -0.2) is 17.0 Å². The molecule has 0 unspecified atom stereocenters. The number of hydrogen-bond acceptors (Lipinski definition) is 2. The van der Waals surface area contributed by atoms with Crippen LogP contribution >= 0.6 is 43.5 Å². The topological polar surface area (TPSA) is 66.4 Å². The lowest BCUT2D eigenvalue weighted by Gasteiger charge is -2.09. The first-order valence-electron chi connectivity index (χ1n) is 5.67. The molecule has 0 saturated carbocycles. The molecule has 0 fully saturated rings. The molecule has 0 atom stereocenters. The smallest absolute Gasteiger partial charge is 0.337 e. The third kappa shape index (κ3) is 4.06. The number of hydrogen-bond donors (Lipinski definition) is 2. The Labute approximate surface area is 142 Å². The molecule has 2 rings (SSSR count). The van der Waals surface area contributed by atoms with E-state index in [4.69, 9.17) is 16.7 Å². The Morgan fingerprint density at radius 1 is 1.05 bits per heavy atom. The van der Waals surface area contributed by atoms with Gasteiger partial charge in [-0.3, -0.25) is 4.79 Å². The lowest BCUT2D eigenvalue weighted by Crippen LogP contribution is -2.15. The molecule has 2 aromatic carbocycles. The third-order valence-corrected chi connectivity index (χ3v) is 3.75. The van der Waals surface area contributed by atoms with E-state index in [2.05, 4.69) is 37.2 Å². The molecule has 4 nitrogen and oxygen atoms in total. The van der Waals surface area contributed by atoms with E-state index in [-0.39, 0.29) is 11.3 Å². The number of anilines is 1. The average Bonchev–Trinajstić information content (AvgIpc) is 2.37. The summed E-state index contributed by atoms with van der Waals surface area (Å²) in [5.41, 5.74) is 0.538. The largest absolute Gasteiger partial charge is 0.478 e. The number of halogens is 3. The maximum absolute atomic E-state index is 12.2. The maximum atomic E-state index is 12.2. The molecule has 2 aromatic rings. The fourth-order valence-electron chi connectivity index (χ4n) is 1.69. The number of carboxylic acid groups (broad SMARTS) is 1. The molecule has 0 saturated heterocycles. The standard InChI is InChI=1S/C14H8Br2ClNO3/c15-8-1-2-11(14(20)21)12(6-8)18-13(19)7-3-9(16)5-10(17)4-7/h1-6H,(H,18,19)(H,20,21). The molecule has 0 bridgehead atoms. The van der Waals surface area contributed by atoms with Gasteiger partial charge in [0.1, 0.15) is 0 Å². The molecule has 21 heavy (non-hydrogen) atoms. The first-order valence-corrected chi connectivity index (χ1v) is 7.63. The van der Waals surface area contributed by atoms with Gasteiger partial charge in [-0.25, -0.2) is 4.79 Å². The second kappa shape index (κ2) is 6.60. The summed E-state index contributed by atoms with van der Waals surface area (Å²) in [6.45, 7) is 0. The minimum atomic E-state index is -1.12. The molecule has 0 aliphatic heterocycles. The van der Waals surface area contributed by atoms with Crippen molar-refractivity contribution >= 4 is 61.0 Å². The lowest BCUT2D eigenvalue weighted by molar-refractivity contribution is 0.0698. The van der Waals surface area contributed by atoms with Gasteiger partial charge in [0.05, 0.1) is 11.3 Å². The molecule has 0 aliphatic carbocycles. The number of carbonyl (C=O) groups excluding carboxylic acids is 1. The van der Waals surface area contributed by atoms with Gasteiger partial charge in [-0.2, -0.15) is 0 Å². The highest BCUT2D eigenvalue weighted by atomic mass is 79.9. The molecule has 1 amide bonds. The van der Waals surface area contributed by atoms with E-state index < -0.39 is 11.9 Å². The summed E-state index contributed by atoms with van der Waals surface area (Å²) in [4.78, 5) is 23.4. The van der Waals surface area contributed by atoms with Crippen molar-refractivity contribution in [2.24, 2.45) is 0 Å². The molecule has 0 radical (unpaired) electrons. The van der Waals surface area contributed by atoms with Crippen molar-refractivity contribution in [3.8, 4) is 0 Å². The minimum absolute atomic E-state index is 0.00708. The Bertz CT molecular complexity index is 714. The van der Waals surface area contributed by atoms with Crippen molar-refractivity contribution in [1.82, 2.24) is 0 Å². The number of benzene rings is 2. The number of rotatable bonds is 3. The van der Waals surface area contributed by atoms with Gasteiger partial charge in [0, 0.05) is 19.5 Å². The van der Waals surface area contributed by atoms with Crippen LogP contribution in [0.5, 0.6) is 0 Å². The summed E-state index contributed by atoms with van der Waals surface area (Å²) < 4.78 is 1.32. The highest BCUT2D eigenvalue weighted by molar-refractivity contribution is 9.10. The summed E-state index contributed by atoms with van der Waals surface area (Å²) in [6.07, 6.45) is 0. The molecule has 0 spiro atoms. The molecule has 0 heterocycles. The maximum Gasteiger partial charge on any atom is 0.337 e. The van der Waals surface area contributed by atoms with Crippen LogP contribution in [0.1, 0.15) is 20.7 Å². The fourth-order valence-corrected chi connectivity index (χ4v) is 2.91. The predicted octanol–water partition coefficient (Wildman–Crippen LogP) is 4.82. The fraction of sp³-hybridized carbons (Fsp3) is 0. The van der Waals surface area contributed by atoms with Crippen LogP contribution in [-0.2, 0) is 0 Å². The number of amides is 1. The van der Waals surface area contributed by atoms with Crippen LogP contribution in [0.25, 0.3) is 0 Å². The van der Waals surface area contributed by atoms with Crippen LogP contribution in [0.2, 0.25) is 5.02 Å². The van der Waals surface area contributed by atoms with Crippen LogP contribution in [0.15, 0.2) is 45.3 Å². The lowest BCUT2D eigenvalue weighted by atomic mass is 10.1. The Kier molecular flexibility index (Phi) is 5.03. The Hall–Kier alpha value is -1.37. The molecule has 7 heteroatoms. The second-order valence-electron chi connectivity index (χ2n) is 4.11. The molecular weight excluding hydrogens is 425 g/mol. The average molecular weight is 433 g/mol. The van der Waals surface area contributed by atoms with E-state index in [1.807, 2.05) is 0 Å². The third-order valence-electron chi connectivity index (χ3n) is 2.58. The highest BCUT2D eigenvalue weighted by Gasteiger charge is 2.14. The molecule has 108 valence electrons. The Morgan fingerprint density at radius 3 is 2.38 bits per heavy atom. The van der Waals surface area contributed by atoms with Gasteiger partial charge < -0.3 is 10.4 Å². The Morgan fingerprint density at radius 2 is 1.76 bits per heavy atom. The van der Waals surface area contributed by atoms with Gasteiger partial charge in [-0.05, 0) is 36.4 Å². The zero-order valence-corrected chi connectivity index (χ0v) is 14.3. The summed E-state index contributed by atoms with van der Waals surface area (Å²) in [5, 5.41) is 12.1. The van der Waals surface area contributed by atoms with E-state index in [1.54, 1.807) is 18.2 Å². The van der Waals surface area contributed by atoms with Crippen LogP contribution < -0.4 is 5.32 Å².